The van der Waals surface area contributed by atoms with Crippen LogP contribution in [0.3, 0.4) is 0 Å². The van der Waals surface area contributed by atoms with Gasteiger partial charge in [0.05, 0.1) is 0 Å². The van der Waals surface area contributed by atoms with E-state index in [1.54, 1.807) is 19.9 Å². The van der Waals surface area contributed by atoms with Crippen LogP contribution in [0.5, 0.6) is 0 Å². The van der Waals surface area contributed by atoms with E-state index >= 15 is 0 Å². The Balaban J connectivity index is 3.96. The highest BCUT2D eigenvalue weighted by atomic mass is 31.1. The molecule has 11 heavy (non-hydrogen) atoms. The Bertz CT molecular complexity index is 201. The summed E-state index contributed by atoms with van der Waals surface area (Å²) in [5.41, 5.74) is -0.740. The summed E-state index contributed by atoms with van der Waals surface area (Å²) in [6.45, 7) is 6.84. The summed E-state index contributed by atoms with van der Waals surface area (Å²) in [6.07, 6.45) is 7.02. The van der Waals surface area contributed by atoms with Crippen molar-refractivity contribution < 1.29 is 9.09 Å². The third-order valence-corrected chi connectivity index (χ3v) is 2.17. The van der Waals surface area contributed by atoms with Gasteiger partial charge in [-0.15, -0.1) is 10.9 Å². The van der Waals surface area contributed by atoms with E-state index in [4.69, 9.17) is 10.9 Å². The summed E-state index contributed by atoms with van der Waals surface area (Å²) in [6, 6.07) is 0. The van der Waals surface area contributed by atoms with Gasteiger partial charge in [0.15, 0.2) is 11.8 Å². The highest BCUT2D eigenvalue weighted by Crippen LogP contribution is 2.29. The monoisotopic (exact) mass is 171 g/mol. The Kier molecular flexibility index (Phi) is 4.03. The van der Waals surface area contributed by atoms with Crippen LogP contribution in [0.1, 0.15) is 13.8 Å². The van der Waals surface area contributed by atoms with Gasteiger partial charge in [0.1, 0.15) is 0 Å². The molecule has 0 saturated carbocycles. The van der Waals surface area contributed by atoms with E-state index < -0.39 is 13.6 Å². The Labute approximate surface area is 68.5 Å². The largest absolute Gasteiger partial charge is 0.513 e. The first kappa shape index (κ1) is 10.4. The fraction of sp³-hybridized carbons (Fsp3) is 0.500. The van der Waals surface area contributed by atoms with E-state index in [0.717, 1.165) is 0 Å². The average Bonchev–Trinajstić information content (AvgIpc) is 1.87. The topological polar surface area (TPSA) is 26.3 Å². The van der Waals surface area contributed by atoms with Gasteiger partial charge in [-0.3, -0.25) is 0 Å². The highest BCUT2D eigenvalue weighted by Gasteiger charge is 2.28. The second kappa shape index (κ2) is 4.28. The van der Waals surface area contributed by atoms with Gasteiger partial charge in [-0.2, -0.15) is 0 Å². The van der Waals surface area contributed by atoms with Gasteiger partial charge in [0.25, 0.3) is 0 Å². The summed E-state index contributed by atoms with van der Waals surface area (Å²) in [7, 11) is -1.69. The quantitative estimate of drug-likeness (QED) is 0.368. The first-order valence-electron chi connectivity index (χ1n) is 3.24. The Hall–Kier alpha value is -0.640. The summed E-state index contributed by atoms with van der Waals surface area (Å²) >= 11 is 0. The fourth-order valence-corrected chi connectivity index (χ4v) is 1.27. The van der Waals surface area contributed by atoms with Gasteiger partial charge in [-0.05, 0) is 24.5 Å². The molecular weight excluding hydrogens is 159 g/mol. The van der Waals surface area contributed by atoms with Crippen molar-refractivity contribution in [1.29, 1.82) is 0 Å². The molecule has 0 aliphatic rings. The molecule has 2 nitrogen and oxygen atoms in total. The van der Waals surface area contributed by atoms with Gasteiger partial charge in [0.2, 0.25) is 0 Å². The lowest BCUT2D eigenvalue weighted by molar-refractivity contribution is 0.187. The zero-order chi connectivity index (χ0) is 8.91. The molecule has 0 rings (SSSR count). The van der Waals surface area contributed by atoms with Crippen molar-refractivity contribution in [3.05, 3.63) is 12.7 Å². The van der Waals surface area contributed by atoms with Crippen LogP contribution in [-0.2, 0) is 9.09 Å². The van der Waals surface area contributed by atoms with Crippen molar-refractivity contribution in [2.45, 2.75) is 19.4 Å². The number of rotatable bonds is 4. The van der Waals surface area contributed by atoms with Gasteiger partial charge in [0, 0.05) is 0 Å². The minimum Gasteiger partial charge on any atom is -0.127 e. The summed E-state index contributed by atoms with van der Waals surface area (Å²) in [5, 5.41) is 0. The smallest absolute Gasteiger partial charge is 0.127 e. The van der Waals surface area contributed by atoms with Crippen LogP contribution in [0, 0.1) is 12.3 Å². The van der Waals surface area contributed by atoms with E-state index in [-0.39, 0.29) is 0 Å². The molecule has 0 bridgehead atoms. The minimum absolute atomic E-state index is 0.348. The lowest BCUT2D eigenvalue weighted by Crippen LogP contribution is -2.17. The van der Waals surface area contributed by atoms with Gasteiger partial charge in [-0.25, -0.2) is 0 Å². The van der Waals surface area contributed by atoms with Crippen LogP contribution >= 0.6 is 8.03 Å². The van der Waals surface area contributed by atoms with Crippen molar-refractivity contribution in [3.8, 4) is 12.3 Å². The van der Waals surface area contributed by atoms with Crippen LogP contribution < -0.4 is 0 Å². The first-order valence-corrected chi connectivity index (χ1v) is 4.60. The third kappa shape index (κ3) is 4.72. The number of terminal acetylenes is 1. The Morgan fingerprint density at radius 1 is 1.82 bits per heavy atom. The lowest BCUT2D eigenvalue weighted by Gasteiger charge is -2.07. The van der Waals surface area contributed by atoms with Crippen LogP contribution in [0.25, 0.3) is 0 Å². The standard InChI is InChI=1S/C8H12O2P/c1-5-7-11(9)10-8(3,4)6-2/h2,5H,1,7H2,3-4H3/q+1. The van der Waals surface area contributed by atoms with E-state index in [1.165, 1.54) is 0 Å². The van der Waals surface area contributed by atoms with Gasteiger partial charge in [-0.1, -0.05) is 12.5 Å². The first-order chi connectivity index (χ1) is 5.02. The predicted octanol–water partition coefficient (Wildman–Crippen LogP) is 2.34. The predicted molar refractivity (Wildman–Crippen MR) is 46.7 cm³/mol. The van der Waals surface area contributed by atoms with E-state index in [2.05, 4.69) is 12.5 Å². The second-order valence-corrected chi connectivity index (χ2v) is 3.76. The molecule has 0 aromatic rings. The summed E-state index contributed by atoms with van der Waals surface area (Å²) < 4.78 is 16.0. The molecule has 1 unspecified atom stereocenters. The molecule has 0 saturated heterocycles. The molecule has 60 valence electrons. The van der Waals surface area contributed by atoms with E-state index in [9.17, 15) is 4.57 Å². The molecule has 0 spiro atoms. The number of allylic oxidation sites excluding steroid dienone is 1. The number of hydrogen-bond acceptors (Lipinski definition) is 2. The molecule has 0 aromatic carbocycles. The Morgan fingerprint density at radius 3 is 2.73 bits per heavy atom. The van der Waals surface area contributed by atoms with Gasteiger partial charge < -0.3 is 0 Å². The molecule has 1 atom stereocenters. The van der Waals surface area contributed by atoms with Crippen molar-refractivity contribution in [3.63, 3.8) is 0 Å². The summed E-state index contributed by atoms with van der Waals surface area (Å²) in [4.78, 5) is 0. The molecule has 0 aromatic heterocycles. The SMILES string of the molecule is C#CC(C)(C)O[P+](=O)CC=C. The maximum atomic E-state index is 11.0. The zero-order valence-electron chi connectivity index (χ0n) is 6.83. The van der Waals surface area contributed by atoms with E-state index in [1.807, 2.05) is 0 Å². The van der Waals surface area contributed by atoms with Crippen molar-refractivity contribution >= 4 is 8.03 Å². The fourth-order valence-electron chi connectivity index (χ4n) is 0.424. The minimum atomic E-state index is -1.69. The molecule has 0 N–H and O–H groups in total. The Morgan fingerprint density at radius 2 is 2.36 bits per heavy atom. The van der Waals surface area contributed by atoms with Crippen LogP contribution in [0.4, 0.5) is 0 Å². The molecule has 0 heterocycles. The zero-order valence-corrected chi connectivity index (χ0v) is 7.73. The second-order valence-electron chi connectivity index (χ2n) is 2.55. The average molecular weight is 171 g/mol. The maximum Gasteiger partial charge on any atom is 0.513 e. The number of hydrogen-bond donors (Lipinski definition) is 0. The highest BCUT2D eigenvalue weighted by molar-refractivity contribution is 7.39. The van der Waals surface area contributed by atoms with Crippen LogP contribution in [0.15, 0.2) is 12.7 Å². The molecule has 0 aliphatic carbocycles. The van der Waals surface area contributed by atoms with Gasteiger partial charge >= 0.3 is 8.03 Å². The van der Waals surface area contributed by atoms with Crippen LogP contribution in [0.2, 0.25) is 0 Å². The third-order valence-electron chi connectivity index (χ3n) is 0.956. The van der Waals surface area contributed by atoms with Crippen molar-refractivity contribution in [2.75, 3.05) is 6.16 Å². The van der Waals surface area contributed by atoms with Crippen LogP contribution in [-0.4, -0.2) is 11.8 Å². The molecule has 0 amide bonds. The normalized spacial score (nSPS) is 11.9. The van der Waals surface area contributed by atoms with Crippen molar-refractivity contribution in [2.24, 2.45) is 0 Å². The molecule has 0 fully saturated rings. The van der Waals surface area contributed by atoms with E-state index in [0.29, 0.717) is 6.16 Å². The molecular formula is C8H12O2P+. The molecule has 0 aliphatic heterocycles. The summed E-state index contributed by atoms with van der Waals surface area (Å²) in [5.74, 6) is 2.39. The molecule has 0 radical (unpaired) electrons. The molecule has 3 heteroatoms. The maximum absolute atomic E-state index is 11.0. The van der Waals surface area contributed by atoms with Crippen molar-refractivity contribution in [1.82, 2.24) is 0 Å². The lowest BCUT2D eigenvalue weighted by atomic mass is 10.2.